The van der Waals surface area contributed by atoms with Gasteiger partial charge in [0.1, 0.15) is 11.6 Å². The van der Waals surface area contributed by atoms with Gasteiger partial charge in [0.2, 0.25) is 5.95 Å². The summed E-state index contributed by atoms with van der Waals surface area (Å²) >= 11 is 6.83. The van der Waals surface area contributed by atoms with Gasteiger partial charge in [-0.2, -0.15) is 4.98 Å². The van der Waals surface area contributed by atoms with E-state index < -0.39 is 0 Å². The maximum atomic E-state index is 6.83. The van der Waals surface area contributed by atoms with Gasteiger partial charge in [-0.05, 0) is 49.8 Å². The number of halogens is 2. The van der Waals surface area contributed by atoms with Crippen LogP contribution in [0.25, 0.3) is 0 Å². The summed E-state index contributed by atoms with van der Waals surface area (Å²) in [6.07, 6.45) is 4.62. The summed E-state index contributed by atoms with van der Waals surface area (Å²) in [6.45, 7) is 7.07. The van der Waals surface area contributed by atoms with Gasteiger partial charge >= 0.3 is 0 Å². The van der Waals surface area contributed by atoms with E-state index in [1.165, 1.54) is 18.4 Å². The Labute approximate surface area is 202 Å². The van der Waals surface area contributed by atoms with Crippen LogP contribution in [0.2, 0.25) is 5.02 Å². The molecule has 1 aliphatic rings. The SMILES string of the molecule is CCCn1nc(N(c2cc(C)c(OC)cc2Cl)[C@@H](CC2CC2)c2ccccc2)nc1C.Cl. The van der Waals surface area contributed by atoms with Gasteiger partial charge in [-0.15, -0.1) is 17.5 Å². The fourth-order valence-electron chi connectivity index (χ4n) is 4.13. The van der Waals surface area contributed by atoms with Gasteiger partial charge in [0.25, 0.3) is 0 Å². The van der Waals surface area contributed by atoms with Crippen LogP contribution in [0.4, 0.5) is 11.6 Å². The number of rotatable bonds is 9. The molecule has 1 heterocycles. The minimum Gasteiger partial charge on any atom is -0.496 e. The van der Waals surface area contributed by atoms with E-state index in [0.717, 1.165) is 48.1 Å². The second kappa shape index (κ2) is 10.6. The minimum absolute atomic E-state index is 0. The first-order valence-corrected chi connectivity index (χ1v) is 11.5. The van der Waals surface area contributed by atoms with Crippen molar-refractivity contribution < 1.29 is 4.74 Å². The number of anilines is 2. The van der Waals surface area contributed by atoms with Gasteiger partial charge in [-0.3, -0.25) is 0 Å². The summed E-state index contributed by atoms with van der Waals surface area (Å²) in [5.41, 5.74) is 3.21. The molecule has 1 atom stereocenters. The van der Waals surface area contributed by atoms with Crippen molar-refractivity contribution in [1.82, 2.24) is 14.8 Å². The molecule has 2 aromatic carbocycles. The first-order valence-electron chi connectivity index (χ1n) is 11.1. The first kappa shape index (κ1) is 24.4. The molecule has 0 bridgehead atoms. The lowest BCUT2D eigenvalue weighted by Crippen LogP contribution is -2.26. The third-order valence-electron chi connectivity index (χ3n) is 5.97. The quantitative estimate of drug-likeness (QED) is 0.332. The highest BCUT2D eigenvalue weighted by Crippen LogP contribution is 2.46. The Morgan fingerprint density at radius 1 is 1.19 bits per heavy atom. The smallest absolute Gasteiger partial charge is 0.250 e. The molecular weight excluding hydrogens is 443 g/mol. The number of methoxy groups -OCH3 is 1. The fraction of sp³-hybridized carbons (Fsp3) is 0.440. The van der Waals surface area contributed by atoms with Crippen LogP contribution < -0.4 is 9.64 Å². The second-order valence-corrected chi connectivity index (χ2v) is 8.84. The van der Waals surface area contributed by atoms with Gasteiger partial charge in [0, 0.05) is 12.6 Å². The lowest BCUT2D eigenvalue weighted by atomic mass is 9.98. The number of hydrogen-bond acceptors (Lipinski definition) is 4. The molecule has 172 valence electrons. The van der Waals surface area contributed by atoms with Crippen molar-refractivity contribution in [3.05, 3.63) is 64.4 Å². The van der Waals surface area contributed by atoms with Crippen LogP contribution in [0.3, 0.4) is 0 Å². The maximum absolute atomic E-state index is 6.83. The zero-order chi connectivity index (χ0) is 22.0. The van der Waals surface area contributed by atoms with Gasteiger partial charge in [-0.25, -0.2) is 4.68 Å². The largest absolute Gasteiger partial charge is 0.496 e. The van der Waals surface area contributed by atoms with Crippen molar-refractivity contribution in [2.75, 3.05) is 12.0 Å². The maximum Gasteiger partial charge on any atom is 0.250 e. The standard InChI is InChI=1S/C25H31ClN4O.ClH/c1-5-13-29-18(3)27-25(28-29)30(23-14-17(2)24(31-4)16-21(23)26)22(15-19-11-12-19)20-9-7-6-8-10-20;/h6-10,14,16,19,22H,5,11-13,15H2,1-4H3;1H/t22-;/m0./s1. The zero-order valence-electron chi connectivity index (χ0n) is 19.2. The predicted molar refractivity (Wildman–Crippen MR) is 134 cm³/mol. The number of ether oxygens (including phenoxy) is 1. The minimum atomic E-state index is 0. The highest BCUT2D eigenvalue weighted by atomic mass is 35.5. The van der Waals surface area contributed by atoms with Gasteiger partial charge in [0.05, 0.1) is 23.9 Å². The zero-order valence-corrected chi connectivity index (χ0v) is 20.8. The van der Waals surface area contributed by atoms with Crippen molar-refractivity contribution in [1.29, 1.82) is 0 Å². The molecule has 7 heteroatoms. The second-order valence-electron chi connectivity index (χ2n) is 8.43. The van der Waals surface area contributed by atoms with Crippen LogP contribution in [0.15, 0.2) is 42.5 Å². The molecule has 0 N–H and O–H groups in total. The molecule has 4 rings (SSSR count). The molecule has 0 spiro atoms. The average molecular weight is 475 g/mol. The Bertz CT molecular complexity index is 1030. The number of aryl methyl sites for hydroxylation is 3. The summed E-state index contributed by atoms with van der Waals surface area (Å²) in [5.74, 6) is 3.13. The monoisotopic (exact) mass is 474 g/mol. The summed E-state index contributed by atoms with van der Waals surface area (Å²) in [6, 6.07) is 14.8. The normalized spacial score (nSPS) is 14.0. The van der Waals surface area contributed by atoms with E-state index in [4.69, 9.17) is 26.4 Å². The highest BCUT2D eigenvalue weighted by Gasteiger charge is 2.34. The Morgan fingerprint density at radius 2 is 1.91 bits per heavy atom. The van der Waals surface area contributed by atoms with Crippen LogP contribution in [-0.2, 0) is 6.54 Å². The highest BCUT2D eigenvalue weighted by molar-refractivity contribution is 6.33. The number of benzene rings is 2. The Kier molecular flexibility index (Phi) is 8.07. The molecule has 0 unspecified atom stereocenters. The van der Waals surface area contributed by atoms with Crippen molar-refractivity contribution >= 4 is 35.6 Å². The van der Waals surface area contributed by atoms with E-state index in [-0.39, 0.29) is 18.4 Å². The molecule has 1 aromatic heterocycles. The third kappa shape index (κ3) is 5.21. The van der Waals surface area contributed by atoms with Crippen LogP contribution in [0.5, 0.6) is 5.75 Å². The molecule has 0 radical (unpaired) electrons. The summed E-state index contributed by atoms with van der Waals surface area (Å²) in [5, 5.41) is 5.55. The molecule has 0 aliphatic heterocycles. The van der Waals surface area contributed by atoms with Gasteiger partial charge in [-0.1, -0.05) is 61.7 Å². The number of aromatic nitrogens is 3. The molecule has 3 aromatic rings. The lowest BCUT2D eigenvalue weighted by molar-refractivity contribution is 0.411. The molecule has 1 aliphatic carbocycles. The van der Waals surface area contributed by atoms with Crippen LogP contribution >= 0.6 is 24.0 Å². The molecule has 32 heavy (non-hydrogen) atoms. The molecule has 5 nitrogen and oxygen atoms in total. The van der Waals surface area contributed by atoms with E-state index in [1.54, 1.807) is 7.11 Å². The van der Waals surface area contributed by atoms with E-state index in [1.807, 2.05) is 24.6 Å². The molecule has 0 saturated heterocycles. The predicted octanol–water partition coefficient (Wildman–Crippen LogP) is 7.07. The van der Waals surface area contributed by atoms with Crippen LogP contribution in [0.1, 0.15) is 55.6 Å². The third-order valence-corrected chi connectivity index (χ3v) is 6.27. The number of hydrogen-bond donors (Lipinski definition) is 0. The van der Waals surface area contributed by atoms with Crippen molar-refractivity contribution in [3.8, 4) is 5.75 Å². The first-order chi connectivity index (χ1) is 15.0. The molecule has 1 saturated carbocycles. The number of nitrogens with zero attached hydrogens (tertiary/aromatic N) is 4. The van der Waals surface area contributed by atoms with Gasteiger partial charge in [0.15, 0.2) is 0 Å². The Balaban J connectivity index is 0.00000289. The summed E-state index contributed by atoms with van der Waals surface area (Å²) in [4.78, 5) is 7.12. The van der Waals surface area contributed by atoms with E-state index in [2.05, 4.69) is 48.2 Å². The summed E-state index contributed by atoms with van der Waals surface area (Å²) in [7, 11) is 1.67. The van der Waals surface area contributed by atoms with Gasteiger partial charge < -0.3 is 9.64 Å². The van der Waals surface area contributed by atoms with Crippen LogP contribution in [0, 0.1) is 19.8 Å². The van der Waals surface area contributed by atoms with Crippen molar-refractivity contribution in [2.45, 2.75) is 59.0 Å². The van der Waals surface area contributed by atoms with E-state index in [0.29, 0.717) is 11.0 Å². The topological polar surface area (TPSA) is 43.2 Å². The average Bonchev–Trinajstić information content (AvgIpc) is 3.52. The Hall–Kier alpha value is -2.24. The lowest BCUT2D eigenvalue weighted by Gasteiger charge is -2.33. The van der Waals surface area contributed by atoms with E-state index in [9.17, 15) is 0 Å². The van der Waals surface area contributed by atoms with Crippen molar-refractivity contribution in [2.24, 2.45) is 5.92 Å². The van der Waals surface area contributed by atoms with Crippen molar-refractivity contribution in [3.63, 3.8) is 0 Å². The molecule has 1 fully saturated rings. The Morgan fingerprint density at radius 3 is 2.53 bits per heavy atom. The molecule has 0 amide bonds. The molecular formula is C25H32Cl2N4O. The fourth-order valence-corrected chi connectivity index (χ4v) is 4.38. The van der Waals surface area contributed by atoms with E-state index >= 15 is 0 Å². The van der Waals surface area contributed by atoms with Crippen LogP contribution in [-0.4, -0.2) is 21.9 Å². The summed E-state index contributed by atoms with van der Waals surface area (Å²) < 4.78 is 7.49.